The molecule has 1 fully saturated rings. The van der Waals surface area contributed by atoms with Gasteiger partial charge in [-0.25, -0.2) is 13.1 Å². The van der Waals surface area contributed by atoms with Gasteiger partial charge in [-0.05, 0) is 18.8 Å². The highest BCUT2D eigenvalue weighted by atomic mass is 35.5. The number of sulfonamides is 1. The second-order valence-electron chi connectivity index (χ2n) is 5.18. The fourth-order valence-electron chi connectivity index (χ4n) is 2.15. The first kappa shape index (κ1) is 16.7. The van der Waals surface area contributed by atoms with Gasteiger partial charge in [-0.3, -0.25) is 9.69 Å². The number of nitrogens with two attached hydrogens (primary N) is 1. The molecule has 0 saturated carbocycles. The van der Waals surface area contributed by atoms with E-state index in [1.165, 1.54) is 0 Å². The van der Waals surface area contributed by atoms with E-state index in [4.69, 9.17) is 17.3 Å². The van der Waals surface area contributed by atoms with Crippen LogP contribution in [0.3, 0.4) is 0 Å². The van der Waals surface area contributed by atoms with Crippen molar-refractivity contribution in [2.75, 3.05) is 31.3 Å². The summed E-state index contributed by atoms with van der Waals surface area (Å²) in [5.41, 5.74) is 5.13. The van der Waals surface area contributed by atoms with E-state index >= 15 is 0 Å². The number of hydrogen-bond donors (Lipinski definition) is 2. The van der Waals surface area contributed by atoms with Crippen LogP contribution in [0, 0.1) is 5.92 Å². The molecule has 0 radical (unpaired) electrons. The molecule has 6 nitrogen and oxygen atoms in total. The topological polar surface area (TPSA) is 92.5 Å². The summed E-state index contributed by atoms with van der Waals surface area (Å²) in [4.78, 5) is 12.7. The first-order valence-electron chi connectivity index (χ1n) is 6.39. The van der Waals surface area contributed by atoms with Crippen LogP contribution >= 0.6 is 11.6 Å². The van der Waals surface area contributed by atoms with Crippen molar-refractivity contribution < 1.29 is 13.2 Å². The number of amides is 1. The molecule has 1 aliphatic heterocycles. The minimum absolute atomic E-state index is 0.0536. The van der Waals surface area contributed by atoms with Crippen LogP contribution in [0.25, 0.3) is 0 Å². The number of alkyl halides is 1. The molecule has 19 heavy (non-hydrogen) atoms. The summed E-state index contributed by atoms with van der Waals surface area (Å²) in [6.07, 6.45) is 1.39. The maximum Gasteiger partial charge on any atom is 0.231 e. The van der Waals surface area contributed by atoms with Crippen molar-refractivity contribution >= 4 is 27.5 Å². The minimum atomic E-state index is -3.28. The number of nitrogens with zero attached hydrogens (tertiary/aromatic N) is 1. The van der Waals surface area contributed by atoms with Crippen molar-refractivity contribution in [1.82, 2.24) is 9.62 Å². The zero-order valence-corrected chi connectivity index (χ0v) is 12.7. The second kappa shape index (κ2) is 7.42. The Morgan fingerprint density at radius 3 is 2.53 bits per heavy atom. The second-order valence-corrected chi connectivity index (χ2v) is 7.28. The van der Waals surface area contributed by atoms with E-state index in [0.717, 1.165) is 0 Å². The average molecular weight is 312 g/mol. The van der Waals surface area contributed by atoms with Gasteiger partial charge in [0.2, 0.25) is 15.9 Å². The lowest BCUT2D eigenvalue weighted by Gasteiger charge is -2.31. The van der Waals surface area contributed by atoms with Crippen LogP contribution in [0.5, 0.6) is 0 Å². The van der Waals surface area contributed by atoms with Crippen molar-refractivity contribution in [3.05, 3.63) is 0 Å². The molecule has 1 rings (SSSR count). The average Bonchev–Trinajstić information content (AvgIpc) is 2.30. The zero-order valence-electron chi connectivity index (χ0n) is 11.1. The Morgan fingerprint density at radius 2 is 2.05 bits per heavy atom. The molecule has 8 heteroatoms. The van der Waals surface area contributed by atoms with Gasteiger partial charge in [0.05, 0.1) is 12.3 Å². The van der Waals surface area contributed by atoms with Crippen LogP contribution in [0.2, 0.25) is 0 Å². The Bertz CT molecular complexity index is 394. The van der Waals surface area contributed by atoms with E-state index in [-0.39, 0.29) is 30.2 Å². The normalized spacial score (nSPS) is 20.3. The third-order valence-corrected chi connectivity index (χ3v) is 5.31. The quantitative estimate of drug-likeness (QED) is 0.633. The van der Waals surface area contributed by atoms with Gasteiger partial charge in [-0.15, -0.1) is 11.6 Å². The third-order valence-electron chi connectivity index (χ3n) is 3.08. The van der Waals surface area contributed by atoms with Crippen molar-refractivity contribution in [2.24, 2.45) is 11.7 Å². The van der Waals surface area contributed by atoms with Crippen molar-refractivity contribution in [3.63, 3.8) is 0 Å². The number of rotatable bonds is 7. The Balaban J connectivity index is 2.38. The highest BCUT2D eigenvalue weighted by Crippen LogP contribution is 2.12. The third kappa shape index (κ3) is 6.56. The summed E-state index contributed by atoms with van der Waals surface area (Å²) in [7, 11) is -3.28. The van der Waals surface area contributed by atoms with E-state index < -0.39 is 10.0 Å². The van der Waals surface area contributed by atoms with Crippen molar-refractivity contribution in [2.45, 2.75) is 25.8 Å². The minimum Gasteiger partial charge on any atom is -0.369 e. The number of hydrogen-bond acceptors (Lipinski definition) is 4. The lowest BCUT2D eigenvalue weighted by Crippen LogP contribution is -2.47. The number of carbonyl (C=O) groups is 1. The molecule has 0 aromatic carbocycles. The van der Waals surface area contributed by atoms with E-state index in [0.29, 0.717) is 31.8 Å². The van der Waals surface area contributed by atoms with E-state index in [1.807, 2.05) is 11.8 Å². The van der Waals surface area contributed by atoms with Gasteiger partial charge in [-0.2, -0.15) is 0 Å². The highest BCUT2D eigenvalue weighted by Gasteiger charge is 2.24. The molecule has 112 valence electrons. The molecule has 1 heterocycles. The predicted molar refractivity (Wildman–Crippen MR) is 75.5 cm³/mol. The molecule has 1 saturated heterocycles. The molecule has 1 atom stereocenters. The highest BCUT2D eigenvalue weighted by molar-refractivity contribution is 7.89. The first-order valence-corrected chi connectivity index (χ1v) is 8.57. The zero-order chi connectivity index (χ0) is 14.5. The predicted octanol–water partition coefficient (Wildman–Crippen LogP) is -0.270. The number of likely N-dealkylation sites (tertiary alicyclic amines) is 1. The monoisotopic (exact) mass is 311 g/mol. The van der Waals surface area contributed by atoms with E-state index in [1.54, 1.807) is 0 Å². The van der Waals surface area contributed by atoms with Gasteiger partial charge in [0.15, 0.2) is 0 Å². The summed E-state index contributed by atoms with van der Waals surface area (Å²) in [6, 6.07) is -0.0587. The summed E-state index contributed by atoms with van der Waals surface area (Å²) in [5, 5.41) is 0. The van der Waals surface area contributed by atoms with Gasteiger partial charge in [0, 0.05) is 25.0 Å². The number of primary amides is 1. The maximum absolute atomic E-state index is 11.9. The Labute approximate surface area is 119 Å². The van der Waals surface area contributed by atoms with Gasteiger partial charge >= 0.3 is 0 Å². The number of nitrogens with one attached hydrogen (secondary N) is 1. The molecule has 0 aliphatic carbocycles. The van der Waals surface area contributed by atoms with Gasteiger partial charge in [0.1, 0.15) is 0 Å². The molecule has 0 bridgehead atoms. The molecular formula is C11H22ClN3O3S. The lowest BCUT2D eigenvalue weighted by molar-refractivity contribution is -0.119. The molecular weight excluding hydrogens is 290 g/mol. The summed E-state index contributed by atoms with van der Waals surface area (Å²) >= 11 is 5.63. The fraction of sp³-hybridized carbons (Fsp3) is 0.909. The summed E-state index contributed by atoms with van der Waals surface area (Å²) in [5.74, 6) is -0.0280. The molecule has 3 N–H and O–H groups in total. The van der Waals surface area contributed by atoms with Gasteiger partial charge in [0.25, 0.3) is 0 Å². The Hall–Kier alpha value is -0.370. The van der Waals surface area contributed by atoms with Crippen LogP contribution in [0.15, 0.2) is 0 Å². The maximum atomic E-state index is 11.9. The van der Waals surface area contributed by atoms with Crippen LogP contribution in [-0.4, -0.2) is 56.5 Å². The van der Waals surface area contributed by atoms with E-state index in [9.17, 15) is 13.2 Å². The molecule has 0 aromatic heterocycles. The Morgan fingerprint density at radius 1 is 1.47 bits per heavy atom. The SMILES string of the molecule is CC(CCl)CS(=O)(=O)NC1CCN(CC(N)=O)CC1. The largest absolute Gasteiger partial charge is 0.369 e. The van der Waals surface area contributed by atoms with Crippen molar-refractivity contribution in [1.29, 1.82) is 0 Å². The van der Waals surface area contributed by atoms with Crippen LogP contribution < -0.4 is 10.5 Å². The van der Waals surface area contributed by atoms with Crippen LogP contribution in [0.4, 0.5) is 0 Å². The molecule has 0 spiro atoms. The van der Waals surface area contributed by atoms with Crippen LogP contribution in [-0.2, 0) is 14.8 Å². The smallest absolute Gasteiger partial charge is 0.231 e. The summed E-state index contributed by atoms with van der Waals surface area (Å²) < 4.78 is 26.4. The summed E-state index contributed by atoms with van der Waals surface area (Å²) in [6.45, 7) is 3.41. The van der Waals surface area contributed by atoms with E-state index in [2.05, 4.69) is 4.72 Å². The fourth-order valence-corrected chi connectivity index (χ4v) is 4.10. The molecule has 1 aliphatic rings. The number of piperidine rings is 1. The molecule has 1 unspecified atom stereocenters. The van der Waals surface area contributed by atoms with Crippen LogP contribution in [0.1, 0.15) is 19.8 Å². The lowest BCUT2D eigenvalue weighted by atomic mass is 10.1. The standard InChI is InChI=1S/C11H22ClN3O3S/c1-9(6-12)8-19(17,18)14-10-2-4-15(5-3-10)7-11(13)16/h9-10,14H,2-8H2,1H3,(H2,13,16). The van der Waals surface area contributed by atoms with Gasteiger partial charge < -0.3 is 5.73 Å². The molecule has 0 aromatic rings. The number of carbonyl (C=O) groups excluding carboxylic acids is 1. The van der Waals surface area contributed by atoms with Gasteiger partial charge in [-0.1, -0.05) is 6.92 Å². The van der Waals surface area contributed by atoms with Crippen molar-refractivity contribution in [3.8, 4) is 0 Å². The number of halogens is 1. The Kier molecular flexibility index (Phi) is 6.52. The molecule has 1 amide bonds. The first-order chi connectivity index (χ1) is 8.82.